The van der Waals surface area contributed by atoms with E-state index in [0.29, 0.717) is 5.71 Å². The minimum Gasteiger partial charge on any atom is -0.486 e. The predicted octanol–water partition coefficient (Wildman–Crippen LogP) is 11.1. The second-order valence-electron chi connectivity index (χ2n) is 13.7. The Labute approximate surface area is 307 Å². The summed E-state index contributed by atoms with van der Waals surface area (Å²) in [7, 11) is 0. The number of rotatable bonds is 3. The maximum absolute atomic E-state index is 6.22. The number of furan rings is 1. The van der Waals surface area contributed by atoms with Crippen LogP contribution in [0.1, 0.15) is 48.8 Å². The van der Waals surface area contributed by atoms with E-state index in [0.717, 1.165) is 72.3 Å². The fourth-order valence-corrected chi connectivity index (χ4v) is 6.02. The molecular formula is C44H38IrN4O-2. The van der Waals surface area contributed by atoms with Gasteiger partial charge in [0, 0.05) is 60.1 Å². The quantitative estimate of drug-likeness (QED) is 0.166. The molecule has 0 N–H and O–H groups in total. The van der Waals surface area contributed by atoms with Crippen molar-refractivity contribution < 1.29 is 24.5 Å². The van der Waals surface area contributed by atoms with Gasteiger partial charge < -0.3 is 14.4 Å². The number of fused-ring (bicyclic) bond motifs is 4. The van der Waals surface area contributed by atoms with Gasteiger partial charge in [-0.3, -0.25) is 4.98 Å². The Morgan fingerprint density at radius 1 is 0.660 bits per heavy atom. The maximum Gasteiger partial charge on any atom is 0.216 e. The van der Waals surface area contributed by atoms with Crippen LogP contribution in [0.15, 0.2) is 108 Å². The van der Waals surface area contributed by atoms with E-state index in [4.69, 9.17) is 14.4 Å². The molecule has 0 aliphatic rings. The van der Waals surface area contributed by atoms with Crippen molar-refractivity contribution in [3.63, 3.8) is 0 Å². The molecule has 0 aliphatic heterocycles. The van der Waals surface area contributed by atoms with E-state index < -0.39 is 0 Å². The minimum absolute atomic E-state index is 0. The fraction of sp³-hybridized carbons (Fsp3) is 0.182. The van der Waals surface area contributed by atoms with Crippen molar-refractivity contribution in [3.8, 4) is 33.6 Å². The summed E-state index contributed by atoms with van der Waals surface area (Å²) in [5, 5.41) is 3.16. The molecule has 3 aromatic carbocycles. The zero-order valence-corrected chi connectivity index (χ0v) is 31.7. The van der Waals surface area contributed by atoms with Gasteiger partial charge in [0.25, 0.3) is 0 Å². The first kappa shape index (κ1) is 34.8. The van der Waals surface area contributed by atoms with Gasteiger partial charge in [-0.1, -0.05) is 56.0 Å². The molecule has 0 amide bonds. The van der Waals surface area contributed by atoms with Gasteiger partial charge in [0.2, 0.25) is 5.71 Å². The van der Waals surface area contributed by atoms with E-state index in [1.54, 1.807) is 0 Å². The Kier molecular flexibility index (Phi) is 9.80. The molecule has 0 unspecified atom stereocenters. The molecule has 0 saturated heterocycles. The van der Waals surface area contributed by atoms with Gasteiger partial charge in [0.15, 0.2) is 0 Å². The van der Waals surface area contributed by atoms with E-state index in [1.165, 1.54) is 16.7 Å². The van der Waals surface area contributed by atoms with Crippen molar-refractivity contribution in [2.45, 2.75) is 53.9 Å². The first-order chi connectivity index (χ1) is 23.5. The summed E-state index contributed by atoms with van der Waals surface area (Å²) in [6, 6.07) is 37.4. The van der Waals surface area contributed by atoms with Gasteiger partial charge in [-0.05, 0) is 97.2 Å². The Morgan fingerprint density at radius 3 is 2.20 bits per heavy atom. The van der Waals surface area contributed by atoms with Gasteiger partial charge in [-0.2, -0.15) is 0 Å². The van der Waals surface area contributed by atoms with Crippen LogP contribution in [0.3, 0.4) is 0 Å². The predicted molar refractivity (Wildman–Crippen MR) is 200 cm³/mol. The van der Waals surface area contributed by atoms with Gasteiger partial charge in [0.1, 0.15) is 0 Å². The van der Waals surface area contributed by atoms with Crippen molar-refractivity contribution in [2.75, 3.05) is 0 Å². The third-order valence-corrected chi connectivity index (χ3v) is 8.79. The number of hydrogen-bond donors (Lipinski definition) is 0. The molecule has 8 rings (SSSR count). The first-order valence-electron chi connectivity index (χ1n) is 16.5. The largest absolute Gasteiger partial charge is 0.486 e. The van der Waals surface area contributed by atoms with Gasteiger partial charge in [-0.25, -0.2) is 4.98 Å². The Balaban J connectivity index is 0.000000260. The SMILES string of the molecule is Cc1ccc(-c2[c-]cccc2)nc1.Cc1ccc2c(n1)oc1c(-c3cc(-c4cc5ccc(C(C)(C)C)nc5cc4C)c(C)cn3)[c-]ccc12.[Ir]. The normalized spacial score (nSPS) is 11.3. The molecule has 0 aliphatic carbocycles. The summed E-state index contributed by atoms with van der Waals surface area (Å²) in [4.78, 5) is 18.6. The van der Waals surface area contributed by atoms with Gasteiger partial charge >= 0.3 is 0 Å². The second kappa shape index (κ2) is 14.1. The van der Waals surface area contributed by atoms with Crippen molar-refractivity contribution in [3.05, 3.63) is 144 Å². The average molecular weight is 831 g/mol. The average Bonchev–Trinajstić information content (AvgIpc) is 3.46. The van der Waals surface area contributed by atoms with E-state index in [9.17, 15) is 0 Å². The van der Waals surface area contributed by atoms with E-state index in [2.05, 4.69) is 99.2 Å². The summed E-state index contributed by atoms with van der Waals surface area (Å²) in [6.07, 6.45) is 3.81. The van der Waals surface area contributed by atoms with Crippen molar-refractivity contribution in [1.29, 1.82) is 0 Å². The molecular weight excluding hydrogens is 793 g/mol. The Hall–Kier alpha value is -5.03. The smallest absolute Gasteiger partial charge is 0.216 e. The van der Waals surface area contributed by atoms with Crippen LogP contribution in [0.2, 0.25) is 0 Å². The molecule has 0 bridgehead atoms. The zero-order valence-electron chi connectivity index (χ0n) is 29.3. The van der Waals surface area contributed by atoms with Gasteiger partial charge in [-0.15, -0.1) is 54.1 Å². The van der Waals surface area contributed by atoms with Crippen LogP contribution >= 0.6 is 0 Å². The van der Waals surface area contributed by atoms with Crippen molar-refractivity contribution >= 4 is 33.0 Å². The number of aryl methyl sites for hydroxylation is 4. The standard InChI is InChI=1S/C32H28N3O.C12H10N.Ir/c1-18-14-27-21(11-13-29(35-27)32(4,5)6)15-25(18)26-16-28(33-17-19(26)2)24-9-7-8-22-23-12-10-20(3)34-31(23)36-30(22)24;1-10-7-8-12(13-9-10)11-5-3-2-4-6-11;/h7-8,10-17H,1-6H3;2-5,7-9H,1H3;/q2*-1;. The number of pyridine rings is 4. The topological polar surface area (TPSA) is 64.7 Å². The first-order valence-corrected chi connectivity index (χ1v) is 16.5. The van der Waals surface area contributed by atoms with E-state index in [-0.39, 0.29) is 25.5 Å². The molecule has 0 spiro atoms. The molecule has 0 fully saturated rings. The summed E-state index contributed by atoms with van der Waals surface area (Å²) >= 11 is 0. The maximum atomic E-state index is 6.22. The van der Waals surface area contributed by atoms with Gasteiger partial charge in [0.05, 0.1) is 11.1 Å². The van der Waals surface area contributed by atoms with Crippen molar-refractivity contribution in [2.24, 2.45) is 0 Å². The number of benzene rings is 3. The van der Waals surface area contributed by atoms with Crippen LogP contribution in [-0.4, -0.2) is 19.9 Å². The van der Waals surface area contributed by atoms with Crippen LogP contribution < -0.4 is 0 Å². The molecule has 251 valence electrons. The molecule has 5 aromatic heterocycles. The third-order valence-electron chi connectivity index (χ3n) is 8.79. The molecule has 5 heterocycles. The summed E-state index contributed by atoms with van der Waals surface area (Å²) in [5.74, 6) is 0. The van der Waals surface area contributed by atoms with Crippen LogP contribution in [0, 0.1) is 39.8 Å². The van der Waals surface area contributed by atoms with Crippen LogP contribution in [0.4, 0.5) is 0 Å². The fourth-order valence-electron chi connectivity index (χ4n) is 6.02. The molecule has 0 saturated carbocycles. The Morgan fingerprint density at radius 2 is 1.46 bits per heavy atom. The van der Waals surface area contributed by atoms with E-state index >= 15 is 0 Å². The monoisotopic (exact) mass is 831 g/mol. The molecule has 8 aromatic rings. The summed E-state index contributed by atoms with van der Waals surface area (Å²) < 4.78 is 6.22. The number of aromatic nitrogens is 4. The summed E-state index contributed by atoms with van der Waals surface area (Å²) in [6.45, 7) is 14.8. The van der Waals surface area contributed by atoms with E-state index in [1.807, 2.05) is 74.8 Å². The number of nitrogens with zero attached hydrogens (tertiary/aromatic N) is 4. The molecule has 1 radical (unpaired) electrons. The second-order valence-corrected chi connectivity index (χ2v) is 13.7. The van der Waals surface area contributed by atoms with Crippen LogP contribution in [-0.2, 0) is 25.5 Å². The number of hydrogen-bond acceptors (Lipinski definition) is 5. The molecule has 0 atom stereocenters. The molecule has 6 heteroatoms. The Bertz CT molecular complexity index is 2460. The molecule has 50 heavy (non-hydrogen) atoms. The third kappa shape index (κ3) is 7.00. The zero-order chi connectivity index (χ0) is 34.3. The van der Waals surface area contributed by atoms with Crippen molar-refractivity contribution in [1.82, 2.24) is 19.9 Å². The van der Waals surface area contributed by atoms with Crippen LogP contribution in [0.5, 0.6) is 0 Å². The summed E-state index contributed by atoms with van der Waals surface area (Å²) in [5.41, 5.74) is 14.0. The minimum atomic E-state index is 0. The van der Waals surface area contributed by atoms with Crippen LogP contribution in [0.25, 0.3) is 66.6 Å². The molecule has 5 nitrogen and oxygen atoms in total.